The summed E-state index contributed by atoms with van der Waals surface area (Å²) >= 11 is 12.0. The van der Waals surface area contributed by atoms with E-state index in [-0.39, 0.29) is 17.8 Å². The highest BCUT2D eigenvalue weighted by Crippen LogP contribution is 2.37. The number of methoxy groups -OCH3 is 1. The number of esters is 1. The van der Waals surface area contributed by atoms with Crippen LogP contribution in [0.3, 0.4) is 0 Å². The van der Waals surface area contributed by atoms with E-state index >= 15 is 0 Å². The Morgan fingerprint density at radius 1 is 1.08 bits per heavy atom. The van der Waals surface area contributed by atoms with Crippen molar-refractivity contribution in [3.8, 4) is 0 Å². The number of aliphatic hydroxyl groups excluding tert-OH is 1. The summed E-state index contributed by atoms with van der Waals surface area (Å²) in [5.41, 5.74) is 1.61. The van der Waals surface area contributed by atoms with Crippen LogP contribution in [0.5, 0.6) is 0 Å². The van der Waals surface area contributed by atoms with Gasteiger partial charge in [0.15, 0.2) is 0 Å². The molecule has 5 heteroatoms. The molecule has 0 aliphatic heterocycles. The number of rotatable bonds is 6. The summed E-state index contributed by atoms with van der Waals surface area (Å²) in [4.78, 5) is 11.8. The van der Waals surface area contributed by atoms with Gasteiger partial charge in [0.25, 0.3) is 0 Å². The largest absolute Gasteiger partial charge is 0.469 e. The van der Waals surface area contributed by atoms with Gasteiger partial charge < -0.3 is 9.84 Å². The zero-order valence-corrected chi connectivity index (χ0v) is 15.1. The molecule has 0 saturated heterocycles. The second-order valence-electron chi connectivity index (χ2n) is 5.82. The minimum Gasteiger partial charge on any atom is -0.469 e. The molecular weight excluding hydrogens is 347 g/mol. The van der Waals surface area contributed by atoms with Crippen LogP contribution in [0.4, 0.5) is 0 Å². The maximum Gasteiger partial charge on any atom is 0.308 e. The van der Waals surface area contributed by atoms with Crippen molar-refractivity contribution in [3.05, 3.63) is 69.7 Å². The molecule has 0 bridgehead atoms. The van der Waals surface area contributed by atoms with Gasteiger partial charge in [-0.3, -0.25) is 4.79 Å². The summed E-state index contributed by atoms with van der Waals surface area (Å²) in [6, 6.07) is 14.4. The van der Waals surface area contributed by atoms with Crippen molar-refractivity contribution in [1.29, 1.82) is 0 Å². The molecule has 0 saturated carbocycles. The molecule has 128 valence electrons. The monoisotopic (exact) mass is 366 g/mol. The fraction of sp³-hybridized carbons (Fsp3) is 0.316. The van der Waals surface area contributed by atoms with Gasteiger partial charge in [-0.2, -0.15) is 0 Å². The van der Waals surface area contributed by atoms with Gasteiger partial charge >= 0.3 is 5.97 Å². The van der Waals surface area contributed by atoms with E-state index in [0.717, 1.165) is 11.1 Å². The van der Waals surface area contributed by atoms with Crippen LogP contribution in [0.25, 0.3) is 0 Å². The van der Waals surface area contributed by atoms with Crippen LogP contribution in [0, 0.1) is 5.92 Å². The number of hydrogen-bond donors (Lipinski definition) is 1. The molecular formula is C19H20Cl2O3. The van der Waals surface area contributed by atoms with E-state index in [4.69, 9.17) is 27.9 Å². The van der Waals surface area contributed by atoms with Gasteiger partial charge in [-0.05, 0) is 41.8 Å². The Labute approximate surface area is 152 Å². The van der Waals surface area contributed by atoms with Gasteiger partial charge in [0.2, 0.25) is 0 Å². The molecule has 0 heterocycles. The average Bonchev–Trinajstić information content (AvgIpc) is 2.58. The van der Waals surface area contributed by atoms with Crippen molar-refractivity contribution >= 4 is 29.2 Å². The Kier molecular flexibility index (Phi) is 6.67. The highest BCUT2D eigenvalue weighted by Gasteiger charge is 2.28. The second kappa shape index (κ2) is 8.52. The number of hydrogen-bond acceptors (Lipinski definition) is 3. The summed E-state index contributed by atoms with van der Waals surface area (Å²) in [6.07, 6.45) is -0.343. The van der Waals surface area contributed by atoms with Crippen molar-refractivity contribution in [1.82, 2.24) is 0 Å². The lowest BCUT2D eigenvalue weighted by molar-refractivity contribution is -0.145. The molecule has 3 atom stereocenters. The summed E-state index contributed by atoms with van der Waals surface area (Å²) in [5, 5.41) is 12.1. The van der Waals surface area contributed by atoms with Crippen molar-refractivity contribution in [2.75, 3.05) is 7.11 Å². The maximum absolute atomic E-state index is 11.8. The van der Waals surface area contributed by atoms with Gasteiger partial charge in [-0.15, -0.1) is 0 Å². The SMILES string of the molecule is COC(=O)C(C)C[C@@H](c1cccc(Cl)c1)C(O)c1ccc(Cl)cc1. The highest BCUT2D eigenvalue weighted by atomic mass is 35.5. The molecule has 0 fully saturated rings. The van der Waals surface area contributed by atoms with Crippen LogP contribution in [0.15, 0.2) is 48.5 Å². The van der Waals surface area contributed by atoms with Crippen LogP contribution in [0.1, 0.15) is 36.5 Å². The van der Waals surface area contributed by atoms with Crippen LogP contribution in [-0.4, -0.2) is 18.2 Å². The summed E-state index contributed by atoms with van der Waals surface area (Å²) < 4.78 is 4.81. The highest BCUT2D eigenvalue weighted by molar-refractivity contribution is 6.30. The Bertz CT molecular complexity index is 685. The second-order valence-corrected chi connectivity index (χ2v) is 6.69. The normalized spacial score (nSPS) is 14.7. The standard InChI is InChI=1S/C19H20Cl2O3/c1-12(19(23)24-2)10-17(14-4-3-5-16(21)11-14)18(22)13-6-8-15(20)9-7-13/h3-9,11-12,17-18,22H,10H2,1-2H3/t12?,17-,18?/m0/s1. The fourth-order valence-corrected chi connectivity index (χ4v) is 3.08. The molecule has 2 aromatic rings. The van der Waals surface area contributed by atoms with E-state index in [9.17, 15) is 9.90 Å². The van der Waals surface area contributed by atoms with Crippen molar-refractivity contribution in [2.45, 2.75) is 25.4 Å². The third kappa shape index (κ3) is 4.73. The first-order valence-electron chi connectivity index (χ1n) is 7.69. The number of benzene rings is 2. The topological polar surface area (TPSA) is 46.5 Å². The quantitative estimate of drug-likeness (QED) is 0.730. The molecule has 0 radical (unpaired) electrons. The van der Waals surface area contributed by atoms with E-state index in [1.54, 1.807) is 37.3 Å². The van der Waals surface area contributed by atoms with Crippen LogP contribution in [-0.2, 0) is 9.53 Å². The summed E-state index contributed by atoms with van der Waals surface area (Å²) in [7, 11) is 1.36. The van der Waals surface area contributed by atoms with Crippen LogP contribution < -0.4 is 0 Å². The fourth-order valence-electron chi connectivity index (χ4n) is 2.76. The lowest BCUT2D eigenvalue weighted by atomic mass is 9.82. The lowest BCUT2D eigenvalue weighted by Gasteiger charge is -2.26. The van der Waals surface area contributed by atoms with Gasteiger partial charge in [-0.1, -0.05) is 54.4 Å². The molecule has 0 aliphatic carbocycles. The Morgan fingerprint density at radius 3 is 2.33 bits per heavy atom. The smallest absolute Gasteiger partial charge is 0.308 e. The van der Waals surface area contributed by atoms with Crippen LogP contribution in [0.2, 0.25) is 10.0 Å². The maximum atomic E-state index is 11.8. The molecule has 2 aromatic carbocycles. The lowest BCUT2D eigenvalue weighted by Crippen LogP contribution is -2.20. The molecule has 0 spiro atoms. The first kappa shape index (κ1) is 18.8. The van der Waals surface area contributed by atoms with Crippen LogP contribution >= 0.6 is 23.2 Å². The number of aliphatic hydroxyl groups is 1. The molecule has 0 aliphatic rings. The zero-order chi connectivity index (χ0) is 17.7. The van der Waals surface area contributed by atoms with Crippen molar-refractivity contribution in [2.24, 2.45) is 5.92 Å². The number of carbonyl (C=O) groups excluding carboxylic acids is 1. The molecule has 1 N–H and O–H groups in total. The molecule has 0 amide bonds. The summed E-state index contributed by atoms with van der Waals surface area (Å²) in [5.74, 6) is -0.940. The van der Waals surface area contributed by atoms with Gasteiger partial charge in [0.05, 0.1) is 19.1 Å². The number of ether oxygens (including phenoxy) is 1. The third-order valence-corrected chi connectivity index (χ3v) is 4.57. The molecule has 0 aromatic heterocycles. The predicted molar refractivity (Wildman–Crippen MR) is 96.4 cm³/mol. The summed E-state index contributed by atoms with van der Waals surface area (Å²) in [6.45, 7) is 1.79. The molecule has 3 nitrogen and oxygen atoms in total. The molecule has 2 unspecified atom stereocenters. The molecule has 24 heavy (non-hydrogen) atoms. The number of halogens is 2. The predicted octanol–water partition coefficient (Wildman–Crippen LogP) is 5.01. The Morgan fingerprint density at radius 2 is 1.75 bits per heavy atom. The Balaban J connectivity index is 2.34. The van der Waals surface area contributed by atoms with E-state index in [1.165, 1.54) is 7.11 Å². The Hall–Kier alpha value is -1.55. The van der Waals surface area contributed by atoms with E-state index < -0.39 is 6.10 Å². The van der Waals surface area contributed by atoms with Gasteiger partial charge in [0, 0.05) is 16.0 Å². The third-order valence-electron chi connectivity index (χ3n) is 4.08. The van der Waals surface area contributed by atoms with Gasteiger partial charge in [0.1, 0.15) is 0 Å². The van der Waals surface area contributed by atoms with E-state index in [0.29, 0.717) is 16.5 Å². The van der Waals surface area contributed by atoms with E-state index in [2.05, 4.69) is 0 Å². The first-order valence-corrected chi connectivity index (χ1v) is 8.44. The minimum atomic E-state index is -0.784. The molecule has 2 rings (SSSR count). The van der Waals surface area contributed by atoms with Crippen molar-refractivity contribution < 1.29 is 14.6 Å². The van der Waals surface area contributed by atoms with Crippen molar-refractivity contribution in [3.63, 3.8) is 0 Å². The average molecular weight is 367 g/mol. The number of carbonyl (C=O) groups is 1. The zero-order valence-electron chi connectivity index (χ0n) is 13.6. The first-order chi connectivity index (χ1) is 11.4. The van der Waals surface area contributed by atoms with E-state index in [1.807, 2.05) is 18.2 Å². The minimum absolute atomic E-state index is 0.293. The van der Waals surface area contributed by atoms with Gasteiger partial charge in [-0.25, -0.2) is 0 Å².